The molecule has 18 heavy (non-hydrogen) atoms. The summed E-state index contributed by atoms with van der Waals surface area (Å²) >= 11 is 0. The maximum Gasteiger partial charge on any atom is 0.299 e. The quantitative estimate of drug-likeness (QED) is 0.266. The van der Waals surface area contributed by atoms with Gasteiger partial charge in [0, 0.05) is 6.54 Å². The fourth-order valence-electron chi connectivity index (χ4n) is 1.29. The van der Waals surface area contributed by atoms with Gasteiger partial charge < -0.3 is 10.9 Å². The Kier molecular flexibility index (Phi) is 4.45. The smallest absolute Gasteiger partial charge is 0.299 e. The molecular formula is C9H13FN4O3S. The molecular weight excluding hydrogens is 263 g/mol. The number of halogens is 1. The molecule has 0 aromatic heterocycles. The van der Waals surface area contributed by atoms with Crippen molar-refractivity contribution in [2.75, 3.05) is 11.3 Å². The van der Waals surface area contributed by atoms with Crippen LogP contribution in [0.25, 0.3) is 0 Å². The van der Waals surface area contributed by atoms with Crippen LogP contribution in [0.2, 0.25) is 0 Å². The highest BCUT2D eigenvalue weighted by atomic mass is 32.2. The number of nitrogens with zero attached hydrogens (tertiary/aromatic N) is 1. The van der Waals surface area contributed by atoms with Gasteiger partial charge in [0.05, 0.1) is 11.3 Å². The van der Waals surface area contributed by atoms with Crippen LogP contribution in [0, 0.1) is 5.82 Å². The van der Waals surface area contributed by atoms with Gasteiger partial charge in [-0.1, -0.05) is 18.1 Å². The number of hydrogen-bond donors (Lipinski definition) is 4. The second kappa shape index (κ2) is 5.65. The second-order valence-corrected chi connectivity index (χ2v) is 4.75. The Balaban J connectivity index is 3.22. The van der Waals surface area contributed by atoms with E-state index >= 15 is 0 Å². The molecule has 0 aliphatic carbocycles. The summed E-state index contributed by atoms with van der Waals surface area (Å²) in [5, 5.41) is 11.2. The molecule has 0 atom stereocenters. The molecule has 1 rings (SSSR count). The van der Waals surface area contributed by atoms with Gasteiger partial charge in [0.1, 0.15) is 5.82 Å². The van der Waals surface area contributed by atoms with Crippen molar-refractivity contribution < 1.29 is 18.0 Å². The average molecular weight is 276 g/mol. The maximum absolute atomic E-state index is 13.5. The van der Waals surface area contributed by atoms with E-state index in [1.807, 2.05) is 0 Å². The van der Waals surface area contributed by atoms with Crippen molar-refractivity contribution in [2.45, 2.75) is 6.92 Å². The first kappa shape index (κ1) is 14.2. The lowest BCUT2D eigenvalue weighted by molar-refractivity contribution is 0.318. The Labute approximate surface area is 104 Å². The molecule has 9 heteroatoms. The summed E-state index contributed by atoms with van der Waals surface area (Å²) in [7, 11) is -3.82. The van der Waals surface area contributed by atoms with Gasteiger partial charge in [-0.15, -0.1) is 0 Å². The molecule has 0 heterocycles. The monoisotopic (exact) mass is 276 g/mol. The summed E-state index contributed by atoms with van der Waals surface area (Å²) in [5.41, 5.74) is 4.86. The molecule has 0 radical (unpaired) electrons. The zero-order chi connectivity index (χ0) is 13.8. The number of nitrogens with one attached hydrogen (secondary N) is 2. The fourth-order valence-corrected chi connectivity index (χ4v) is 2.20. The van der Waals surface area contributed by atoms with Gasteiger partial charge in [-0.2, -0.15) is 13.1 Å². The summed E-state index contributed by atoms with van der Waals surface area (Å²) in [6, 6.07) is 3.66. The van der Waals surface area contributed by atoms with Crippen molar-refractivity contribution in [3.05, 3.63) is 29.6 Å². The molecule has 0 spiro atoms. The largest absolute Gasteiger partial charge is 0.409 e. The van der Waals surface area contributed by atoms with Crippen LogP contribution in [0.4, 0.5) is 10.1 Å². The number of benzene rings is 1. The first-order valence-corrected chi connectivity index (χ1v) is 6.43. The molecule has 0 bridgehead atoms. The Morgan fingerprint density at radius 1 is 1.56 bits per heavy atom. The van der Waals surface area contributed by atoms with Crippen molar-refractivity contribution in [1.29, 1.82) is 0 Å². The van der Waals surface area contributed by atoms with Crippen molar-refractivity contribution in [2.24, 2.45) is 10.9 Å². The molecule has 5 N–H and O–H groups in total. The third kappa shape index (κ3) is 3.31. The topological polar surface area (TPSA) is 117 Å². The van der Waals surface area contributed by atoms with Crippen LogP contribution in [0.15, 0.2) is 23.4 Å². The normalized spacial score (nSPS) is 12.4. The van der Waals surface area contributed by atoms with Crippen LogP contribution < -0.4 is 15.2 Å². The third-order valence-electron chi connectivity index (χ3n) is 1.96. The van der Waals surface area contributed by atoms with Crippen molar-refractivity contribution in [3.8, 4) is 0 Å². The number of anilines is 1. The molecule has 0 amide bonds. The molecule has 7 nitrogen and oxygen atoms in total. The van der Waals surface area contributed by atoms with Gasteiger partial charge in [-0.05, 0) is 12.1 Å². The van der Waals surface area contributed by atoms with Crippen LogP contribution in [0.5, 0.6) is 0 Å². The molecule has 0 aliphatic heterocycles. The van der Waals surface area contributed by atoms with Crippen molar-refractivity contribution in [3.63, 3.8) is 0 Å². The first-order chi connectivity index (χ1) is 8.41. The van der Waals surface area contributed by atoms with Gasteiger partial charge in [-0.3, -0.25) is 4.72 Å². The molecule has 1 aromatic rings. The maximum atomic E-state index is 13.5. The van der Waals surface area contributed by atoms with E-state index in [9.17, 15) is 12.8 Å². The Bertz CT molecular complexity index is 559. The summed E-state index contributed by atoms with van der Waals surface area (Å²) in [6.07, 6.45) is 0. The van der Waals surface area contributed by atoms with Crippen molar-refractivity contribution >= 4 is 21.7 Å². The van der Waals surface area contributed by atoms with Gasteiger partial charge >= 0.3 is 0 Å². The first-order valence-electron chi connectivity index (χ1n) is 4.95. The summed E-state index contributed by atoms with van der Waals surface area (Å²) in [5.74, 6) is -1.33. The Morgan fingerprint density at radius 2 is 2.22 bits per heavy atom. The standard InChI is InChI=1S/C9H13FN4O3S/c1-2-12-18(16,17)14-7-5-3-4-6(10)8(7)9(11)13-15/h3-5,12,14-15H,2H2,1H3,(H2,11,13). The molecule has 0 aliphatic rings. The minimum absolute atomic E-state index is 0.119. The zero-order valence-corrected chi connectivity index (χ0v) is 10.3. The van der Waals surface area contributed by atoms with Crippen molar-refractivity contribution in [1.82, 2.24) is 4.72 Å². The molecule has 0 saturated carbocycles. The van der Waals surface area contributed by atoms with Gasteiger partial charge in [0.25, 0.3) is 10.2 Å². The van der Waals surface area contributed by atoms with E-state index in [0.717, 1.165) is 6.07 Å². The molecule has 0 unspecified atom stereocenters. The summed E-state index contributed by atoms with van der Waals surface area (Å²) in [6.45, 7) is 1.76. The molecule has 1 aromatic carbocycles. The lowest BCUT2D eigenvalue weighted by atomic mass is 10.1. The summed E-state index contributed by atoms with van der Waals surface area (Å²) in [4.78, 5) is 0. The number of amidine groups is 1. The lowest BCUT2D eigenvalue weighted by Crippen LogP contribution is -2.31. The lowest BCUT2D eigenvalue weighted by Gasteiger charge is -2.12. The molecule has 100 valence electrons. The predicted molar refractivity (Wildman–Crippen MR) is 65.1 cm³/mol. The van der Waals surface area contributed by atoms with Crippen LogP contribution in [-0.2, 0) is 10.2 Å². The van der Waals surface area contributed by atoms with E-state index in [1.54, 1.807) is 6.92 Å². The molecule has 0 fully saturated rings. The van der Waals surface area contributed by atoms with E-state index in [1.165, 1.54) is 12.1 Å². The SMILES string of the molecule is CCNS(=O)(=O)Nc1cccc(F)c1/C(N)=N/O. The minimum atomic E-state index is -3.82. The van der Waals surface area contributed by atoms with Crippen LogP contribution in [-0.4, -0.2) is 26.0 Å². The highest BCUT2D eigenvalue weighted by molar-refractivity contribution is 7.90. The van der Waals surface area contributed by atoms with E-state index in [2.05, 4.69) is 14.6 Å². The van der Waals surface area contributed by atoms with Gasteiger partial charge in [-0.25, -0.2) is 4.39 Å². The van der Waals surface area contributed by atoms with Crippen LogP contribution in [0.1, 0.15) is 12.5 Å². The zero-order valence-electron chi connectivity index (χ0n) is 9.51. The van der Waals surface area contributed by atoms with Gasteiger partial charge in [0.15, 0.2) is 5.84 Å². The van der Waals surface area contributed by atoms with E-state index < -0.39 is 21.9 Å². The second-order valence-electron chi connectivity index (χ2n) is 3.25. The highest BCUT2D eigenvalue weighted by Gasteiger charge is 2.17. The third-order valence-corrected chi connectivity index (χ3v) is 3.11. The van der Waals surface area contributed by atoms with E-state index in [0.29, 0.717) is 0 Å². The van der Waals surface area contributed by atoms with E-state index in [4.69, 9.17) is 10.9 Å². The number of hydrogen-bond acceptors (Lipinski definition) is 4. The number of oxime groups is 1. The number of rotatable bonds is 5. The van der Waals surface area contributed by atoms with Gasteiger partial charge in [0.2, 0.25) is 0 Å². The molecule has 0 saturated heterocycles. The van der Waals surface area contributed by atoms with Crippen LogP contribution in [0.3, 0.4) is 0 Å². The summed E-state index contributed by atoms with van der Waals surface area (Å²) < 4.78 is 40.8. The predicted octanol–water partition coefficient (Wildman–Crippen LogP) is 0.186. The average Bonchev–Trinajstić information content (AvgIpc) is 2.27. The Morgan fingerprint density at radius 3 is 2.78 bits per heavy atom. The fraction of sp³-hybridized carbons (Fsp3) is 0.222. The van der Waals surface area contributed by atoms with Crippen LogP contribution >= 0.6 is 0 Å². The number of nitrogens with two attached hydrogens (primary N) is 1. The highest BCUT2D eigenvalue weighted by Crippen LogP contribution is 2.19. The Hall–Kier alpha value is -1.87. The van der Waals surface area contributed by atoms with E-state index in [-0.39, 0.29) is 17.8 Å². The minimum Gasteiger partial charge on any atom is -0.409 e.